The van der Waals surface area contributed by atoms with E-state index in [-0.39, 0.29) is 22.8 Å². The van der Waals surface area contributed by atoms with Crippen LogP contribution in [0.25, 0.3) is 0 Å². The molecular weight excluding hydrogens is 380 g/mol. The van der Waals surface area contributed by atoms with E-state index in [0.717, 1.165) is 28.1 Å². The second-order valence-electron chi connectivity index (χ2n) is 5.14. The molecule has 0 heterocycles. The lowest BCUT2D eigenvalue weighted by Crippen LogP contribution is -2.21. The van der Waals surface area contributed by atoms with Crippen LogP contribution in [-0.4, -0.2) is 46.3 Å². The quantitative estimate of drug-likeness (QED) is 0.654. The molecule has 0 aromatic heterocycles. The van der Waals surface area contributed by atoms with Crippen molar-refractivity contribution in [2.75, 3.05) is 24.3 Å². The van der Waals surface area contributed by atoms with Crippen LogP contribution < -0.4 is 10.5 Å². The maximum absolute atomic E-state index is 12.7. The Bertz CT molecular complexity index is 874. The van der Waals surface area contributed by atoms with Gasteiger partial charge in [0.15, 0.2) is 19.7 Å². The number of nitrogens with zero attached hydrogens (tertiary/aromatic N) is 1. The van der Waals surface area contributed by atoms with Crippen molar-refractivity contribution in [1.29, 1.82) is 0 Å². The predicted molar refractivity (Wildman–Crippen MR) is 101 cm³/mol. The minimum absolute atomic E-state index is 0.146. The molecule has 0 saturated carbocycles. The minimum Gasteiger partial charge on any atom is -0.495 e. The summed E-state index contributed by atoms with van der Waals surface area (Å²) in [6.07, 6.45) is 2.01. The maximum Gasteiger partial charge on any atom is 0.262 e. The Morgan fingerprint density at radius 1 is 1.08 bits per heavy atom. The Hall–Kier alpha value is -2.33. The smallest absolute Gasteiger partial charge is 0.262 e. The van der Waals surface area contributed by atoms with Gasteiger partial charge in [-0.25, -0.2) is 16.8 Å². The van der Waals surface area contributed by atoms with Crippen LogP contribution in [0.1, 0.15) is 24.2 Å². The SMILES string of the molecule is CCS(=O)(=O)C=CN(C=CS(=O)(=O)CC)C(=O)c1ccc(N)c(OC)c1. The van der Waals surface area contributed by atoms with E-state index in [2.05, 4.69) is 0 Å². The fourth-order valence-electron chi connectivity index (χ4n) is 1.69. The lowest BCUT2D eigenvalue weighted by molar-refractivity contribution is 0.0869. The number of sulfone groups is 2. The highest BCUT2D eigenvalue weighted by molar-refractivity contribution is 7.94. The van der Waals surface area contributed by atoms with Gasteiger partial charge < -0.3 is 10.5 Å². The molecule has 0 radical (unpaired) electrons. The number of amides is 1. The number of hydrogen-bond donors (Lipinski definition) is 1. The highest BCUT2D eigenvalue weighted by Crippen LogP contribution is 2.23. The molecule has 0 saturated heterocycles. The number of benzene rings is 1. The average Bonchev–Trinajstić information content (AvgIpc) is 2.61. The number of nitrogen functional groups attached to an aromatic ring is 1. The van der Waals surface area contributed by atoms with E-state index >= 15 is 0 Å². The molecule has 0 spiro atoms. The first-order valence-electron chi connectivity index (χ1n) is 7.63. The normalized spacial score (nSPS) is 12.6. The average molecular weight is 402 g/mol. The molecule has 144 valence electrons. The lowest BCUT2D eigenvalue weighted by Gasteiger charge is -2.15. The molecule has 0 bridgehead atoms. The maximum atomic E-state index is 12.7. The monoisotopic (exact) mass is 402 g/mol. The van der Waals surface area contributed by atoms with Crippen molar-refractivity contribution in [3.8, 4) is 5.75 Å². The van der Waals surface area contributed by atoms with Crippen LogP contribution in [0.5, 0.6) is 5.75 Å². The summed E-state index contributed by atoms with van der Waals surface area (Å²) in [7, 11) is -5.64. The molecule has 0 aliphatic heterocycles. The number of carbonyl (C=O) groups is 1. The summed E-state index contributed by atoms with van der Waals surface area (Å²) in [5.41, 5.74) is 6.18. The van der Waals surface area contributed by atoms with Gasteiger partial charge in [-0.1, -0.05) is 13.8 Å². The summed E-state index contributed by atoms with van der Waals surface area (Å²) in [6, 6.07) is 4.27. The summed E-state index contributed by atoms with van der Waals surface area (Å²) < 4.78 is 51.7. The van der Waals surface area contributed by atoms with Gasteiger partial charge in [-0.3, -0.25) is 9.69 Å². The van der Waals surface area contributed by atoms with Crippen LogP contribution in [0.3, 0.4) is 0 Å². The van der Waals surface area contributed by atoms with E-state index in [1.54, 1.807) is 0 Å². The van der Waals surface area contributed by atoms with E-state index in [0.29, 0.717) is 5.69 Å². The topological polar surface area (TPSA) is 124 Å². The summed E-state index contributed by atoms with van der Waals surface area (Å²) >= 11 is 0. The number of ether oxygens (including phenoxy) is 1. The molecule has 0 unspecified atom stereocenters. The van der Waals surface area contributed by atoms with Gasteiger partial charge in [0, 0.05) is 28.8 Å². The van der Waals surface area contributed by atoms with E-state index in [1.807, 2.05) is 0 Å². The van der Waals surface area contributed by atoms with Crippen molar-refractivity contribution in [2.24, 2.45) is 0 Å². The molecular formula is C16H22N2O6S2. The molecule has 8 nitrogen and oxygen atoms in total. The summed E-state index contributed by atoms with van der Waals surface area (Å²) in [6.45, 7) is 2.90. The van der Waals surface area contributed by atoms with Crippen LogP contribution in [0.2, 0.25) is 0 Å². The fourth-order valence-corrected chi connectivity index (χ4v) is 2.71. The Morgan fingerprint density at radius 3 is 2.00 bits per heavy atom. The third kappa shape index (κ3) is 6.19. The molecule has 10 heteroatoms. The Morgan fingerprint density at radius 2 is 1.58 bits per heavy atom. The summed E-state index contributed by atoms with van der Waals surface area (Å²) in [5.74, 6) is -0.685. The molecule has 0 atom stereocenters. The number of hydrogen-bond acceptors (Lipinski definition) is 7. The zero-order valence-electron chi connectivity index (χ0n) is 14.7. The van der Waals surface area contributed by atoms with Gasteiger partial charge in [0.25, 0.3) is 5.91 Å². The van der Waals surface area contributed by atoms with Crippen molar-refractivity contribution in [2.45, 2.75) is 13.8 Å². The number of rotatable bonds is 8. The minimum atomic E-state index is -3.51. The second-order valence-corrected chi connectivity index (χ2v) is 9.49. The molecule has 0 aliphatic carbocycles. The van der Waals surface area contributed by atoms with Gasteiger partial charge in [-0.2, -0.15) is 0 Å². The van der Waals surface area contributed by atoms with Gasteiger partial charge in [-0.15, -0.1) is 0 Å². The number of anilines is 1. The fraction of sp³-hybridized carbons (Fsp3) is 0.312. The molecule has 0 aliphatic rings. The van der Waals surface area contributed by atoms with Gasteiger partial charge in [-0.05, 0) is 18.2 Å². The first-order valence-corrected chi connectivity index (χ1v) is 11.1. The Balaban J connectivity index is 3.33. The highest BCUT2D eigenvalue weighted by atomic mass is 32.2. The third-order valence-corrected chi connectivity index (χ3v) is 6.06. The van der Waals surface area contributed by atoms with Crippen LogP contribution >= 0.6 is 0 Å². The van der Waals surface area contributed by atoms with E-state index < -0.39 is 25.6 Å². The molecule has 1 rings (SSSR count). The number of nitrogens with two attached hydrogens (primary N) is 1. The molecule has 0 fully saturated rings. The standard InChI is InChI=1S/C16H22N2O6S2/c1-4-25(20,21)10-8-18(9-11-26(22,23)5-2)16(19)13-6-7-14(17)15(12-13)24-3/h6-12H,4-5,17H2,1-3H3. The van der Waals surface area contributed by atoms with Gasteiger partial charge in [0.1, 0.15) is 5.75 Å². The predicted octanol–water partition coefficient (Wildman–Crippen LogP) is 1.53. The van der Waals surface area contributed by atoms with Crippen molar-refractivity contribution in [3.05, 3.63) is 47.0 Å². The second kappa shape index (κ2) is 8.86. The van der Waals surface area contributed by atoms with Crippen LogP contribution in [0.15, 0.2) is 41.4 Å². The number of methoxy groups -OCH3 is 1. The van der Waals surface area contributed by atoms with Crippen LogP contribution in [0, 0.1) is 0 Å². The molecule has 1 aromatic carbocycles. The number of carbonyl (C=O) groups excluding carboxylic acids is 1. The highest BCUT2D eigenvalue weighted by Gasteiger charge is 2.15. The third-order valence-electron chi connectivity index (χ3n) is 3.38. The molecule has 1 amide bonds. The Labute approximate surface area is 153 Å². The van der Waals surface area contributed by atoms with Crippen molar-refractivity contribution < 1.29 is 26.4 Å². The summed E-state index contributed by atoms with van der Waals surface area (Å²) in [5, 5.41) is 1.70. The van der Waals surface area contributed by atoms with Crippen LogP contribution in [0.4, 0.5) is 5.69 Å². The van der Waals surface area contributed by atoms with Gasteiger partial charge in [0.2, 0.25) is 0 Å². The molecule has 26 heavy (non-hydrogen) atoms. The first-order chi connectivity index (χ1) is 12.0. The van der Waals surface area contributed by atoms with Crippen molar-refractivity contribution in [1.82, 2.24) is 4.90 Å². The molecule has 1 aromatic rings. The first kappa shape index (κ1) is 21.7. The van der Waals surface area contributed by atoms with Crippen molar-refractivity contribution in [3.63, 3.8) is 0 Å². The zero-order chi connectivity index (χ0) is 20.0. The van der Waals surface area contributed by atoms with Crippen molar-refractivity contribution >= 4 is 31.3 Å². The van der Waals surface area contributed by atoms with Crippen LogP contribution in [-0.2, 0) is 19.7 Å². The Kier molecular flexibility index (Phi) is 7.40. The lowest BCUT2D eigenvalue weighted by atomic mass is 10.1. The van der Waals surface area contributed by atoms with Gasteiger partial charge in [0.05, 0.1) is 24.3 Å². The van der Waals surface area contributed by atoms with E-state index in [1.165, 1.54) is 39.2 Å². The molecule has 2 N–H and O–H groups in total. The van der Waals surface area contributed by atoms with E-state index in [4.69, 9.17) is 10.5 Å². The summed E-state index contributed by atoms with van der Waals surface area (Å²) in [4.78, 5) is 13.6. The van der Waals surface area contributed by atoms with E-state index in [9.17, 15) is 21.6 Å². The zero-order valence-corrected chi connectivity index (χ0v) is 16.4. The van der Waals surface area contributed by atoms with Gasteiger partial charge >= 0.3 is 0 Å². The largest absolute Gasteiger partial charge is 0.495 e.